The van der Waals surface area contributed by atoms with E-state index < -0.39 is 17.8 Å². The van der Waals surface area contributed by atoms with Crippen molar-refractivity contribution in [1.29, 1.82) is 0 Å². The molecule has 2 heterocycles. The van der Waals surface area contributed by atoms with Gasteiger partial charge in [0.15, 0.2) is 0 Å². The molecule has 94 valence electrons. The molecule has 0 bridgehead atoms. The van der Waals surface area contributed by atoms with Crippen LogP contribution in [0.4, 0.5) is 5.69 Å². The molecule has 1 aromatic carbocycles. The van der Waals surface area contributed by atoms with Crippen molar-refractivity contribution in [3.63, 3.8) is 0 Å². The second kappa shape index (κ2) is 3.46. The number of ether oxygens (including phenoxy) is 2. The molecule has 0 saturated carbocycles. The Labute approximate surface area is 103 Å². The van der Waals surface area contributed by atoms with Crippen molar-refractivity contribution >= 4 is 17.6 Å². The third-order valence-corrected chi connectivity index (χ3v) is 3.24. The maximum absolute atomic E-state index is 11.2. The maximum atomic E-state index is 11.2. The number of esters is 2. The molecule has 1 aromatic rings. The zero-order valence-electron chi connectivity index (χ0n) is 9.67. The minimum Gasteiger partial charge on any atom is -0.393 e. The van der Waals surface area contributed by atoms with Gasteiger partial charge in [0.05, 0.1) is 12.1 Å². The third kappa shape index (κ3) is 1.32. The van der Waals surface area contributed by atoms with Gasteiger partial charge in [-0.15, -0.1) is 0 Å². The Kier molecular flexibility index (Phi) is 2.12. The Morgan fingerprint density at radius 2 is 1.94 bits per heavy atom. The number of para-hydroxylation sites is 1. The number of hydroxylamine groups is 1. The average Bonchev–Trinajstić information content (AvgIpc) is 2.61. The Morgan fingerprint density at radius 1 is 1.28 bits per heavy atom. The van der Waals surface area contributed by atoms with E-state index in [0.29, 0.717) is 12.1 Å². The van der Waals surface area contributed by atoms with Crippen molar-refractivity contribution in [2.75, 3.05) is 5.06 Å². The van der Waals surface area contributed by atoms with E-state index in [1.54, 1.807) is 0 Å². The topological polar surface area (TPSA) is 76.1 Å². The van der Waals surface area contributed by atoms with Gasteiger partial charge in [0.1, 0.15) is 0 Å². The van der Waals surface area contributed by atoms with Crippen LogP contribution in [0, 0.1) is 6.92 Å². The van der Waals surface area contributed by atoms with Crippen LogP contribution in [0.5, 0.6) is 0 Å². The summed E-state index contributed by atoms with van der Waals surface area (Å²) in [7, 11) is 0. The van der Waals surface area contributed by atoms with Gasteiger partial charge in [-0.25, -0.2) is 9.59 Å². The van der Waals surface area contributed by atoms with E-state index in [-0.39, 0.29) is 6.42 Å². The Bertz CT molecular complexity index is 537. The SMILES string of the molecule is Cc1cccc2c1N(O)C1(CC2)OC(=O)C(=O)O1. The third-order valence-electron chi connectivity index (χ3n) is 3.24. The molecule has 0 atom stereocenters. The molecule has 0 radical (unpaired) electrons. The van der Waals surface area contributed by atoms with E-state index in [1.807, 2.05) is 25.1 Å². The highest BCUT2D eigenvalue weighted by Crippen LogP contribution is 2.41. The summed E-state index contributed by atoms with van der Waals surface area (Å²) < 4.78 is 9.78. The number of hydrogen-bond donors (Lipinski definition) is 1. The van der Waals surface area contributed by atoms with Crippen LogP contribution in [0.2, 0.25) is 0 Å². The molecule has 1 spiro atoms. The van der Waals surface area contributed by atoms with Gasteiger partial charge in [0, 0.05) is 0 Å². The summed E-state index contributed by atoms with van der Waals surface area (Å²) in [6, 6.07) is 5.57. The molecular formula is C12H11NO5. The number of nitrogens with zero attached hydrogens (tertiary/aromatic N) is 1. The Hall–Kier alpha value is -2.08. The van der Waals surface area contributed by atoms with Crippen LogP contribution in [0.25, 0.3) is 0 Å². The van der Waals surface area contributed by atoms with Crippen LogP contribution in [0.15, 0.2) is 18.2 Å². The first kappa shape index (κ1) is 11.0. The number of carbonyl (C=O) groups excluding carboxylic acids is 2. The van der Waals surface area contributed by atoms with Crippen molar-refractivity contribution in [3.05, 3.63) is 29.3 Å². The lowest BCUT2D eigenvalue weighted by Crippen LogP contribution is -2.52. The zero-order chi connectivity index (χ0) is 12.9. The molecule has 1 saturated heterocycles. The average molecular weight is 249 g/mol. The standard InChI is InChI=1S/C12H11NO5/c1-7-3-2-4-8-5-6-12(13(16)9(7)8)17-10(14)11(15)18-12/h2-4,16H,5-6H2,1H3. The van der Waals surface area contributed by atoms with Crippen LogP contribution in [0.3, 0.4) is 0 Å². The molecule has 0 unspecified atom stereocenters. The molecule has 0 aromatic heterocycles. The van der Waals surface area contributed by atoms with E-state index >= 15 is 0 Å². The number of fused-ring (bicyclic) bond motifs is 1. The number of rotatable bonds is 0. The molecule has 1 N–H and O–H groups in total. The van der Waals surface area contributed by atoms with Crippen LogP contribution < -0.4 is 5.06 Å². The smallest absolute Gasteiger partial charge is 0.393 e. The molecule has 1 fully saturated rings. The number of benzene rings is 1. The van der Waals surface area contributed by atoms with E-state index in [2.05, 4.69) is 0 Å². The number of hydrogen-bond acceptors (Lipinski definition) is 6. The van der Waals surface area contributed by atoms with Gasteiger partial charge in [-0.05, 0) is 24.5 Å². The fourth-order valence-electron chi connectivity index (χ4n) is 2.38. The van der Waals surface area contributed by atoms with Gasteiger partial charge in [-0.1, -0.05) is 18.2 Å². The first-order valence-corrected chi connectivity index (χ1v) is 5.57. The Balaban J connectivity index is 2.07. The molecule has 0 amide bonds. The van der Waals surface area contributed by atoms with Crippen LogP contribution in [-0.2, 0) is 25.5 Å². The number of aryl methyl sites for hydroxylation is 2. The maximum Gasteiger partial charge on any atom is 0.422 e. The Morgan fingerprint density at radius 3 is 2.61 bits per heavy atom. The molecular weight excluding hydrogens is 238 g/mol. The molecule has 2 aliphatic rings. The predicted molar refractivity (Wildman–Crippen MR) is 58.7 cm³/mol. The van der Waals surface area contributed by atoms with E-state index in [9.17, 15) is 14.8 Å². The molecule has 18 heavy (non-hydrogen) atoms. The normalized spacial score (nSPS) is 20.7. The first-order chi connectivity index (χ1) is 8.53. The van der Waals surface area contributed by atoms with Gasteiger partial charge in [0.25, 0.3) is 0 Å². The van der Waals surface area contributed by atoms with Gasteiger partial charge in [-0.3, -0.25) is 5.21 Å². The monoisotopic (exact) mass is 249 g/mol. The lowest BCUT2D eigenvalue weighted by molar-refractivity contribution is -0.207. The number of carbonyl (C=O) groups is 2. The predicted octanol–water partition coefficient (Wildman–Crippen LogP) is 0.891. The van der Waals surface area contributed by atoms with Crippen molar-refractivity contribution in [2.45, 2.75) is 25.7 Å². The number of anilines is 1. The molecule has 0 aliphatic carbocycles. The second-order valence-electron chi connectivity index (χ2n) is 4.39. The summed E-state index contributed by atoms with van der Waals surface area (Å²) in [6.45, 7) is 1.82. The fourth-order valence-corrected chi connectivity index (χ4v) is 2.38. The van der Waals surface area contributed by atoms with Gasteiger partial charge < -0.3 is 9.47 Å². The van der Waals surface area contributed by atoms with Crippen molar-refractivity contribution in [1.82, 2.24) is 0 Å². The summed E-state index contributed by atoms with van der Waals surface area (Å²) in [4.78, 5) is 22.3. The summed E-state index contributed by atoms with van der Waals surface area (Å²) in [6.07, 6.45) is 0.756. The van der Waals surface area contributed by atoms with Crippen molar-refractivity contribution in [2.24, 2.45) is 0 Å². The van der Waals surface area contributed by atoms with Gasteiger partial charge in [-0.2, -0.15) is 5.06 Å². The second-order valence-corrected chi connectivity index (χ2v) is 4.39. The minimum atomic E-state index is -1.70. The summed E-state index contributed by atoms with van der Waals surface area (Å²) in [5, 5.41) is 10.9. The fraction of sp³-hybridized carbons (Fsp3) is 0.333. The van der Waals surface area contributed by atoms with E-state index in [1.165, 1.54) is 0 Å². The highest BCUT2D eigenvalue weighted by molar-refractivity contribution is 6.31. The summed E-state index contributed by atoms with van der Waals surface area (Å²) in [5.74, 6) is -3.86. The summed E-state index contributed by atoms with van der Waals surface area (Å²) in [5.41, 5.74) is 2.25. The molecule has 3 rings (SSSR count). The highest BCUT2D eigenvalue weighted by atomic mass is 16.8. The molecule has 6 heteroatoms. The van der Waals surface area contributed by atoms with E-state index in [4.69, 9.17) is 9.47 Å². The summed E-state index contributed by atoms with van der Waals surface area (Å²) >= 11 is 0. The minimum absolute atomic E-state index is 0.206. The van der Waals surface area contributed by atoms with Crippen molar-refractivity contribution < 1.29 is 24.3 Å². The zero-order valence-corrected chi connectivity index (χ0v) is 9.67. The highest BCUT2D eigenvalue weighted by Gasteiger charge is 2.55. The van der Waals surface area contributed by atoms with Crippen LogP contribution in [-0.4, -0.2) is 23.1 Å². The quantitative estimate of drug-likeness (QED) is 0.543. The van der Waals surface area contributed by atoms with E-state index in [0.717, 1.165) is 16.2 Å². The molecule has 6 nitrogen and oxygen atoms in total. The largest absolute Gasteiger partial charge is 0.422 e. The first-order valence-electron chi connectivity index (χ1n) is 5.57. The molecule has 2 aliphatic heterocycles. The van der Waals surface area contributed by atoms with Crippen LogP contribution in [0.1, 0.15) is 17.5 Å². The van der Waals surface area contributed by atoms with Gasteiger partial charge in [0.2, 0.25) is 0 Å². The lowest BCUT2D eigenvalue weighted by atomic mass is 9.97. The van der Waals surface area contributed by atoms with Gasteiger partial charge >= 0.3 is 17.8 Å². The van der Waals surface area contributed by atoms with Crippen LogP contribution >= 0.6 is 0 Å². The lowest BCUT2D eigenvalue weighted by Gasteiger charge is -2.38. The van der Waals surface area contributed by atoms with Crippen molar-refractivity contribution in [3.8, 4) is 0 Å².